The fraction of sp³-hybridized carbons (Fsp3) is 0.238. The normalized spacial score (nSPS) is 16.9. The van der Waals surface area contributed by atoms with Crippen LogP contribution in [0.1, 0.15) is 19.4 Å². The number of nitrogens with zero attached hydrogens (tertiary/aromatic N) is 2. The number of thioether (sulfide) groups is 1. The third-order valence-corrected chi connectivity index (χ3v) is 5.56. The summed E-state index contributed by atoms with van der Waals surface area (Å²) in [5, 5.41) is 0.664. The van der Waals surface area contributed by atoms with Crippen LogP contribution in [0.3, 0.4) is 0 Å². The molecule has 0 radical (unpaired) electrons. The molecule has 1 heterocycles. The predicted octanol–water partition coefficient (Wildman–Crippen LogP) is 5.48. The lowest BCUT2D eigenvalue weighted by Crippen LogP contribution is -2.28. The largest absolute Gasteiger partial charge is 0.496 e. The highest BCUT2D eigenvalue weighted by Crippen LogP contribution is 2.36. The summed E-state index contributed by atoms with van der Waals surface area (Å²) in [5.74, 6) is 1.46. The Balaban J connectivity index is 1.91. The maximum absolute atomic E-state index is 12.8. The molecule has 1 amide bonds. The topological polar surface area (TPSA) is 51.1 Å². The lowest BCUT2D eigenvalue weighted by Gasteiger charge is -2.12. The second kappa shape index (κ2) is 9.30. The van der Waals surface area contributed by atoms with Crippen LogP contribution in [0.5, 0.6) is 11.5 Å². The number of hydrogen-bond acceptors (Lipinski definition) is 5. The van der Waals surface area contributed by atoms with Crippen molar-refractivity contribution in [2.24, 2.45) is 4.99 Å². The minimum atomic E-state index is -0.0563. The number of amidine groups is 1. The Kier molecular flexibility index (Phi) is 6.80. The Morgan fingerprint density at radius 1 is 1.18 bits per heavy atom. The average Bonchev–Trinajstić information content (AvgIpc) is 2.98. The predicted molar refractivity (Wildman–Crippen MR) is 118 cm³/mol. The zero-order chi connectivity index (χ0) is 20.1. The third kappa shape index (κ3) is 4.59. The molecule has 0 N–H and O–H groups in total. The molecule has 0 unspecified atom stereocenters. The van der Waals surface area contributed by atoms with Gasteiger partial charge in [0, 0.05) is 16.6 Å². The van der Waals surface area contributed by atoms with Crippen molar-refractivity contribution in [1.29, 1.82) is 0 Å². The number of benzene rings is 2. The van der Waals surface area contributed by atoms with Crippen LogP contribution in [0, 0.1) is 0 Å². The minimum Gasteiger partial charge on any atom is -0.496 e. The molecular formula is C21H21BrN2O3S. The van der Waals surface area contributed by atoms with Gasteiger partial charge >= 0.3 is 0 Å². The van der Waals surface area contributed by atoms with E-state index in [1.54, 1.807) is 12.0 Å². The van der Waals surface area contributed by atoms with Gasteiger partial charge in [0.25, 0.3) is 5.91 Å². The highest BCUT2D eigenvalue weighted by molar-refractivity contribution is 9.10. The van der Waals surface area contributed by atoms with Gasteiger partial charge in [-0.2, -0.15) is 0 Å². The standard InChI is InChI=1S/C21H21BrN2O3S/c1-4-24-20(25)19(13-14-12-15(22)6-11-18(14)26-3)28-21(24)23-16-7-9-17(10-8-16)27-5-2/h6-13H,4-5H2,1-3H3/b19-13+,23-21?. The Bertz CT molecular complexity index is 926. The van der Waals surface area contributed by atoms with Gasteiger partial charge in [0.2, 0.25) is 0 Å². The quantitative estimate of drug-likeness (QED) is 0.535. The second-order valence-electron chi connectivity index (χ2n) is 5.87. The van der Waals surface area contributed by atoms with Crippen molar-refractivity contribution in [2.75, 3.05) is 20.3 Å². The molecule has 28 heavy (non-hydrogen) atoms. The number of hydrogen-bond donors (Lipinski definition) is 0. The molecule has 1 aliphatic rings. The molecule has 2 aromatic carbocycles. The smallest absolute Gasteiger partial charge is 0.266 e. The zero-order valence-electron chi connectivity index (χ0n) is 15.9. The Labute approximate surface area is 177 Å². The summed E-state index contributed by atoms with van der Waals surface area (Å²) in [7, 11) is 1.62. The fourth-order valence-electron chi connectivity index (χ4n) is 2.72. The third-order valence-electron chi connectivity index (χ3n) is 4.06. The summed E-state index contributed by atoms with van der Waals surface area (Å²) in [6, 6.07) is 13.2. The summed E-state index contributed by atoms with van der Waals surface area (Å²) < 4.78 is 11.8. The Hall–Kier alpha value is -2.25. The van der Waals surface area contributed by atoms with Crippen molar-refractivity contribution < 1.29 is 14.3 Å². The molecule has 3 rings (SSSR count). The molecule has 0 bridgehead atoms. The monoisotopic (exact) mass is 460 g/mol. The van der Waals surface area contributed by atoms with E-state index in [2.05, 4.69) is 20.9 Å². The lowest BCUT2D eigenvalue weighted by atomic mass is 10.2. The van der Waals surface area contributed by atoms with Crippen LogP contribution in [0.15, 0.2) is 56.8 Å². The van der Waals surface area contributed by atoms with Gasteiger partial charge in [0.05, 0.1) is 24.3 Å². The first-order valence-corrected chi connectivity index (χ1v) is 10.5. The van der Waals surface area contributed by atoms with Crippen molar-refractivity contribution in [3.05, 3.63) is 57.4 Å². The molecule has 0 saturated carbocycles. The van der Waals surface area contributed by atoms with E-state index in [0.717, 1.165) is 21.5 Å². The number of ether oxygens (including phenoxy) is 2. The van der Waals surface area contributed by atoms with Crippen molar-refractivity contribution in [2.45, 2.75) is 13.8 Å². The van der Waals surface area contributed by atoms with E-state index in [1.807, 2.05) is 62.4 Å². The summed E-state index contributed by atoms with van der Waals surface area (Å²) in [6.45, 7) is 5.06. The molecule has 1 fully saturated rings. The van der Waals surface area contributed by atoms with Gasteiger partial charge in [0.15, 0.2) is 5.17 Å². The van der Waals surface area contributed by atoms with Crippen molar-refractivity contribution in [3.63, 3.8) is 0 Å². The number of aliphatic imine (C=N–C) groups is 1. The van der Waals surface area contributed by atoms with Crippen LogP contribution >= 0.6 is 27.7 Å². The molecule has 2 aromatic rings. The highest BCUT2D eigenvalue weighted by Gasteiger charge is 2.32. The van der Waals surface area contributed by atoms with Gasteiger partial charge in [-0.05, 0) is 74.1 Å². The van der Waals surface area contributed by atoms with Crippen molar-refractivity contribution in [1.82, 2.24) is 4.90 Å². The van der Waals surface area contributed by atoms with Crippen LogP contribution in [0.2, 0.25) is 0 Å². The number of methoxy groups -OCH3 is 1. The maximum atomic E-state index is 12.8. The van der Waals surface area contributed by atoms with E-state index in [1.165, 1.54) is 11.8 Å². The summed E-state index contributed by atoms with van der Waals surface area (Å²) >= 11 is 4.83. The average molecular weight is 461 g/mol. The van der Waals surface area contributed by atoms with E-state index >= 15 is 0 Å². The molecule has 1 saturated heterocycles. The van der Waals surface area contributed by atoms with Gasteiger partial charge < -0.3 is 9.47 Å². The molecular weight excluding hydrogens is 440 g/mol. The van der Waals surface area contributed by atoms with E-state index in [0.29, 0.717) is 29.0 Å². The summed E-state index contributed by atoms with van der Waals surface area (Å²) in [6.07, 6.45) is 1.85. The summed E-state index contributed by atoms with van der Waals surface area (Å²) in [5.41, 5.74) is 1.62. The number of carbonyl (C=O) groups excluding carboxylic acids is 1. The first kappa shape index (κ1) is 20.5. The van der Waals surface area contributed by atoms with Gasteiger partial charge in [-0.3, -0.25) is 9.69 Å². The van der Waals surface area contributed by atoms with Crippen molar-refractivity contribution >= 4 is 50.5 Å². The number of rotatable bonds is 6. The molecule has 0 aliphatic carbocycles. The zero-order valence-corrected chi connectivity index (χ0v) is 18.3. The van der Waals surface area contributed by atoms with Crippen molar-refractivity contribution in [3.8, 4) is 11.5 Å². The molecule has 0 atom stereocenters. The molecule has 0 spiro atoms. The SMILES string of the molecule is CCOc1ccc(N=C2S/C(=C/c3cc(Br)ccc3OC)C(=O)N2CC)cc1. The molecule has 7 heteroatoms. The molecule has 146 valence electrons. The Morgan fingerprint density at radius 3 is 2.57 bits per heavy atom. The van der Waals surface area contributed by atoms with Crippen LogP contribution in [0.25, 0.3) is 6.08 Å². The maximum Gasteiger partial charge on any atom is 0.266 e. The van der Waals surface area contributed by atoms with E-state index in [9.17, 15) is 4.79 Å². The van der Waals surface area contributed by atoms with Gasteiger partial charge in [-0.1, -0.05) is 15.9 Å². The summed E-state index contributed by atoms with van der Waals surface area (Å²) in [4.78, 5) is 19.8. The van der Waals surface area contributed by atoms with Crippen LogP contribution in [-0.2, 0) is 4.79 Å². The Morgan fingerprint density at radius 2 is 1.93 bits per heavy atom. The van der Waals surface area contributed by atoms with Crippen LogP contribution in [0.4, 0.5) is 5.69 Å². The lowest BCUT2D eigenvalue weighted by molar-refractivity contribution is -0.122. The number of amides is 1. The van der Waals surface area contributed by atoms with E-state index in [4.69, 9.17) is 9.47 Å². The van der Waals surface area contributed by atoms with Crippen LogP contribution in [-0.4, -0.2) is 36.2 Å². The van der Waals surface area contributed by atoms with Crippen LogP contribution < -0.4 is 9.47 Å². The van der Waals surface area contributed by atoms with E-state index < -0.39 is 0 Å². The number of halogens is 1. The molecule has 0 aromatic heterocycles. The van der Waals surface area contributed by atoms with Gasteiger partial charge in [-0.25, -0.2) is 4.99 Å². The second-order valence-corrected chi connectivity index (χ2v) is 7.79. The van der Waals surface area contributed by atoms with Gasteiger partial charge in [0.1, 0.15) is 11.5 Å². The molecule has 5 nitrogen and oxygen atoms in total. The van der Waals surface area contributed by atoms with Gasteiger partial charge in [-0.15, -0.1) is 0 Å². The first-order chi connectivity index (χ1) is 13.5. The first-order valence-electron chi connectivity index (χ1n) is 8.92. The number of likely N-dealkylation sites (N-methyl/N-ethyl adjacent to an activating group) is 1. The highest BCUT2D eigenvalue weighted by atomic mass is 79.9. The minimum absolute atomic E-state index is 0.0563. The fourth-order valence-corrected chi connectivity index (χ4v) is 4.16. The number of carbonyl (C=O) groups is 1. The van der Waals surface area contributed by atoms with E-state index in [-0.39, 0.29) is 5.91 Å². The molecule has 1 aliphatic heterocycles.